The fraction of sp³-hybridized carbons (Fsp3) is 0.462. The standard InChI is InChI=1S/C16H22BNO4.C10H10BrNO2/c1-10-7-12-13(20-9-14(19)18(12)6)8-11(10)17-21-15(2,3)16(4,5)22-17;1-6-3-8-9(4-7(6)11)14-5-10(13)12(8)2/h7-8H,9H2,1-6H3;3-4H,5H2,1-2H3. The van der Waals surface area contributed by atoms with Crippen molar-refractivity contribution >= 4 is 51.7 Å². The van der Waals surface area contributed by atoms with Gasteiger partial charge < -0.3 is 28.6 Å². The fourth-order valence-corrected chi connectivity index (χ4v) is 4.38. The number of anilines is 2. The molecule has 1 saturated heterocycles. The van der Waals surface area contributed by atoms with E-state index in [9.17, 15) is 9.59 Å². The van der Waals surface area contributed by atoms with Gasteiger partial charge in [0.15, 0.2) is 13.2 Å². The van der Waals surface area contributed by atoms with Crippen LogP contribution in [-0.4, -0.2) is 57.4 Å². The molecule has 2 amide bonds. The van der Waals surface area contributed by atoms with Crippen LogP contribution in [0, 0.1) is 13.8 Å². The number of aryl methyl sites for hydroxylation is 2. The van der Waals surface area contributed by atoms with E-state index in [1.165, 1.54) is 0 Å². The zero-order valence-corrected chi connectivity index (χ0v) is 23.6. The van der Waals surface area contributed by atoms with Crippen LogP contribution in [0.3, 0.4) is 0 Å². The van der Waals surface area contributed by atoms with Crippen LogP contribution >= 0.6 is 15.9 Å². The summed E-state index contributed by atoms with van der Waals surface area (Å²) in [5, 5.41) is 0. The van der Waals surface area contributed by atoms with Gasteiger partial charge in [0.2, 0.25) is 0 Å². The molecule has 2 aromatic carbocycles. The number of hydrogen-bond donors (Lipinski definition) is 0. The number of rotatable bonds is 1. The largest absolute Gasteiger partial charge is 0.495 e. The van der Waals surface area contributed by atoms with Crippen molar-refractivity contribution in [2.24, 2.45) is 0 Å². The average Bonchev–Trinajstić information content (AvgIpc) is 3.02. The highest BCUT2D eigenvalue weighted by Crippen LogP contribution is 2.38. The summed E-state index contributed by atoms with van der Waals surface area (Å²) < 4.78 is 24.1. The minimum Gasteiger partial charge on any atom is -0.482 e. The molecule has 36 heavy (non-hydrogen) atoms. The van der Waals surface area contributed by atoms with Gasteiger partial charge in [-0.15, -0.1) is 0 Å². The molecule has 0 N–H and O–H groups in total. The summed E-state index contributed by atoms with van der Waals surface area (Å²) in [5.41, 5.74) is 3.91. The molecule has 3 heterocycles. The SMILES string of the molecule is Cc1cc2c(cc1B1OC(C)(C)C(C)(C)O1)OCC(=O)N2C.Cc1cc2c(cc1Br)OCC(=O)N2C. The number of likely N-dealkylation sites (N-methyl/N-ethyl adjacent to an activating group) is 2. The number of hydrogen-bond acceptors (Lipinski definition) is 6. The summed E-state index contributed by atoms with van der Waals surface area (Å²) in [7, 11) is 3.09. The Balaban J connectivity index is 0.000000187. The van der Waals surface area contributed by atoms with E-state index in [0.29, 0.717) is 5.75 Å². The van der Waals surface area contributed by atoms with Gasteiger partial charge in [-0.2, -0.15) is 0 Å². The maximum Gasteiger partial charge on any atom is 0.495 e. The molecular formula is C26H32BBrN2O6. The molecule has 0 bridgehead atoms. The molecule has 10 heteroatoms. The molecule has 0 aliphatic carbocycles. The van der Waals surface area contributed by atoms with Crippen LogP contribution < -0.4 is 24.7 Å². The van der Waals surface area contributed by atoms with E-state index in [-0.39, 0.29) is 36.2 Å². The van der Waals surface area contributed by atoms with E-state index < -0.39 is 7.12 Å². The van der Waals surface area contributed by atoms with Gasteiger partial charge in [-0.1, -0.05) is 15.9 Å². The topological polar surface area (TPSA) is 77.5 Å². The number of amides is 2. The Morgan fingerprint density at radius 3 is 1.72 bits per heavy atom. The number of nitrogens with zero attached hydrogens (tertiary/aromatic N) is 2. The lowest BCUT2D eigenvalue weighted by Crippen LogP contribution is -2.41. The van der Waals surface area contributed by atoms with Crippen LogP contribution in [0.25, 0.3) is 0 Å². The molecule has 192 valence electrons. The van der Waals surface area contributed by atoms with Gasteiger partial charge >= 0.3 is 7.12 Å². The zero-order chi connectivity index (χ0) is 26.6. The number of halogens is 1. The molecular weight excluding hydrogens is 527 g/mol. The Morgan fingerprint density at radius 1 is 0.778 bits per heavy atom. The Labute approximate surface area is 221 Å². The number of fused-ring (bicyclic) bond motifs is 2. The third-order valence-electron chi connectivity index (χ3n) is 7.27. The second kappa shape index (κ2) is 9.39. The molecule has 0 atom stereocenters. The third kappa shape index (κ3) is 4.74. The van der Waals surface area contributed by atoms with Gasteiger partial charge in [0.05, 0.1) is 22.6 Å². The Morgan fingerprint density at radius 2 is 1.22 bits per heavy atom. The van der Waals surface area contributed by atoms with Crippen LogP contribution in [-0.2, 0) is 18.9 Å². The summed E-state index contributed by atoms with van der Waals surface area (Å²) in [5.74, 6) is 1.39. The number of carbonyl (C=O) groups is 2. The first-order valence-electron chi connectivity index (χ1n) is 11.8. The van der Waals surface area contributed by atoms with Crippen molar-refractivity contribution in [2.45, 2.75) is 52.7 Å². The van der Waals surface area contributed by atoms with Crippen molar-refractivity contribution < 1.29 is 28.4 Å². The average molecular weight is 559 g/mol. The summed E-state index contributed by atoms with van der Waals surface area (Å²) in [6, 6.07) is 7.71. The molecule has 8 nitrogen and oxygen atoms in total. The van der Waals surface area contributed by atoms with Crippen LogP contribution in [0.4, 0.5) is 11.4 Å². The number of ether oxygens (including phenoxy) is 2. The van der Waals surface area contributed by atoms with Gasteiger partial charge in [-0.25, -0.2) is 0 Å². The maximum absolute atomic E-state index is 11.7. The van der Waals surface area contributed by atoms with E-state index in [2.05, 4.69) is 15.9 Å². The molecule has 2 aromatic rings. The number of carbonyl (C=O) groups excluding carboxylic acids is 2. The van der Waals surface area contributed by atoms with E-state index in [0.717, 1.165) is 38.2 Å². The van der Waals surface area contributed by atoms with Crippen LogP contribution in [0.15, 0.2) is 28.7 Å². The lowest BCUT2D eigenvalue weighted by atomic mass is 9.76. The Bertz CT molecular complexity index is 1220. The lowest BCUT2D eigenvalue weighted by molar-refractivity contribution is -0.121. The molecule has 0 unspecified atom stereocenters. The van der Waals surface area contributed by atoms with E-state index in [1.807, 2.05) is 65.8 Å². The molecule has 0 saturated carbocycles. The molecule has 3 aliphatic heterocycles. The maximum atomic E-state index is 11.7. The van der Waals surface area contributed by atoms with E-state index >= 15 is 0 Å². The minimum atomic E-state index is -0.429. The van der Waals surface area contributed by atoms with Crippen molar-refractivity contribution in [3.8, 4) is 11.5 Å². The quantitative estimate of drug-likeness (QED) is 0.496. The Hall–Kier alpha value is -2.56. The van der Waals surface area contributed by atoms with Crippen molar-refractivity contribution in [2.75, 3.05) is 37.1 Å². The second-order valence-corrected chi connectivity index (χ2v) is 11.2. The van der Waals surface area contributed by atoms with Gasteiger partial charge in [-0.05, 0) is 82.4 Å². The molecule has 5 rings (SSSR count). The van der Waals surface area contributed by atoms with E-state index in [1.54, 1.807) is 23.9 Å². The first-order chi connectivity index (χ1) is 16.7. The predicted molar refractivity (Wildman–Crippen MR) is 144 cm³/mol. The van der Waals surface area contributed by atoms with Gasteiger partial charge in [0.25, 0.3) is 11.8 Å². The van der Waals surface area contributed by atoms with Crippen molar-refractivity contribution in [3.63, 3.8) is 0 Å². The summed E-state index contributed by atoms with van der Waals surface area (Å²) in [6.07, 6.45) is 0. The summed E-state index contributed by atoms with van der Waals surface area (Å²) >= 11 is 3.43. The van der Waals surface area contributed by atoms with Gasteiger partial charge in [0, 0.05) is 18.6 Å². The monoisotopic (exact) mass is 558 g/mol. The highest BCUT2D eigenvalue weighted by atomic mass is 79.9. The second-order valence-electron chi connectivity index (χ2n) is 10.3. The first kappa shape index (κ1) is 26.5. The van der Waals surface area contributed by atoms with Gasteiger partial charge in [-0.3, -0.25) is 9.59 Å². The number of benzene rings is 2. The first-order valence-corrected chi connectivity index (χ1v) is 12.6. The van der Waals surface area contributed by atoms with E-state index in [4.69, 9.17) is 18.8 Å². The fourth-order valence-electron chi connectivity index (χ4n) is 4.06. The van der Waals surface area contributed by atoms with Crippen LogP contribution in [0.2, 0.25) is 0 Å². The lowest BCUT2D eigenvalue weighted by Gasteiger charge is -2.32. The van der Waals surface area contributed by atoms with Crippen molar-refractivity contribution in [3.05, 3.63) is 39.9 Å². The molecule has 0 spiro atoms. The van der Waals surface area contributed by atoms with Crippen molar-refractivity contribution in [1.29, 1.82) is 0 Å². The molecule has 3 aliphatic rings. The molecule has 0 radical (unpaired) electrons. The summed E-state index contributed by atoms with van der Waals surface area (Å²) in [6.45, 7) is 12.3. The van der Waals surface area contributed by atoms with Crippen LogP contribution in [0.1, 0.15) is 38.8 Å². The normalized spacial score (nSPS) is 19.6. The molecule has 0 aromatic heterocycles. The van der Waals surface area contributed by atoms with Crippen LogP contribution in [0.5, 0.6) is 11.5 Å². The Kier molecular flexibility index (Phi) is 6.92. The minimum absolute atomic E-state index is 0.0146. The predicted octanol–water partition coefficient (Wildman–Crippen LogP) is 3.76. The van der Waals surface area contributed by atoms with Gasteiger partial charge in [0.1, 0.15) is 11.5 Å². The smallest absolute Gasteiger partial charge is 0.482 e. The highest BCUT2D eigenvalue weighted by Gasteiger charge is 2.52. The third-order valence-corrected chi connectivity index (χ3v) is 8.12. The molecule has 1 fully saturated rings. The summed E-state index contributed by atoms with van der Waals surface area (Å²) in [4.78, 5) is 26.3. The van der Waals surface area contributed by atoms with Crippen molar-refractivity contribution in [1.82, 2.24) is 0 Å². The highest BCUT2D eigenvalue weighted by molar-refractivity contribution is 9.10. The zero-order valence-electron chi connectivity index (χ0n) is 22.0.